The van der Waals surface area contributed by atoms with Crippen molar-refractivity contribution in [1.29, 1.82) is 0 Å². The molecule has 2 rings (SSSR count). The van der Waals surface area contributed by atoms with E-state index in [0.29, 0.717) is 34.8 Å². The van der Waals surface area contributed by atoms with E-state index in [2.05, 4.69) is 10.6 Å². The topological polar surface area (TPSA) is 101 Å². The van der Waals surface area contributed by atoms with E-state index in [1.54, 1.807) is 24.3 Å². The Morgan fingerprint density at radius 1 is 0.840 bits per heavy atom. The number of anilines is 2. The molecule has 0 unspecified atom stereocenters. The number of nitrogens with two attached hydrogens (primary N) is 1. The van der Waals surface area contributed by atoms with E-state index in [0.717, 1.165) is 0 Å². The van der Waals surface area contributed by atoms with E-state index in [1.807, 2.05) is 13.8 Å². The van der Waals surface area contributed by atoms with Crippen molar-refractivity contribution in [2.45, 2.75) is 20.3 Å². The highest BCUT2D eigenvalue weighted by atomic mass is 16.2. The van der Waals surface area contributed by atoms with E-state index in [9.17, 15) is 14.4 Å². The fraction of sp³-hybridized carbons (Fsp3) is 0.211. The summed E-state index contributed by atoms with van der Waals surface area (Å²) in [5.41, 5.74) is 7.21. The van der Waals surface area contributed by atoms with Gasteiger partial charge in [-0.25, -0.2) is 0 Å². The Bertz CT molecular complexity index is 766. The molecule has 0 aliphatic carbocycles. The maximum Gasteiger partial charge on any atom is 0.255 e. The number of hydrogen-bond acceptors (Lipinski definition) is 3. The zero-order valence-corrected chi connectivity index (χ0v) is 14.2. The van der Waals surface area contributed by atoms with Gasteiger partial charge in [0.15, 0.2) is 0 Å². The van der Waals surface area contributed by atoms with Gasteiger partial charge in [0.25, 0.3) is 5.91 Å². The minimum absolute atomic E-state index is 0.0404. The molecule has 2 aromatic carbocycles. The van der Waals surface area contributed by atoms with Gasteiger partial charge in [-0.15, -0.1) is 0 Å². The Labute approximate surface area is 146 Å². The number of primary amides is 1. The van der Waals surface area contributed by atoms with Crippen molar-refractivity contribution in [3.63, 3.8) is 0 Å². The van der Waals surface area contributed by atoms with E-state index in [-0.39, 0.29) is 11.8 Å². The third-order valence-corrected chi connectivity index (χ3v) is 3.45. The number of nitrogens with one attached hydrogen (secondary N) is 2. The summed E-state index contributed by atoms with van der Waals surface area (Å²) in [5.74, 6) is -0.587. The summed E-state index contributed by atoms with van der Waals surface area (Å²) >= 11 is 0. The van der Waals surface area contributed by atoms with Gasteiger partial charge in [-0.3, -0.25) is 14.4 Å². The summed E-state index contributed by atoms with van der Waals surface area (Å²) in [5, 5.41) is 5.56. The van der Waals surface area contributed by atoms with Gasteiger partial charge in [0.05, 0.1) is 0 Å². The molecule has 0 atom stereocenters. The van der Waals surface area contributed by atoms with Crippen molar-refractivity contribution in [2.24, 2.45) is 11.7 Å². The summed E-state index contributed by atoms with van der Waals surface area (Å²) < 4.78 is 0. The highest BCUT2D eigenvalue weighted by Crippen LogP contribution is 2.16. The maximum absolute atomic E-state index is 12.2. The molecule has 0 radical (unpaired) electrons. The van der Waals surface area contributed by atoms with Gasteiger partial charge in [0.2, 0.25) is 11.8 Å². The van der Waals surface area contributed by atoms with Gasteiger partial charge in [-0.05, 0) is 54.4 Å². The third-order valence-electron chi connectivity index (χ3n) is 3.45. The molecular weight excluding hydrogens is 318 g/mol. The SMILES string of the molecule is CC(C)CC(=O)Nc1ccc(NC(=O)c2ccc(C(N)=O)cc2)cc1. The quantitative estimate of drug-likeness (QED) is 0.754. The first-order chi connectivity index (χ1) is 11.8. The van der Waals surface area contributed by atoms with Crippen LogP contribution in [0.2, 0.25) is 0 Å². The van der Waals surface area contributed by atoms with Crippen LogP contribution in [0.25, 0.3) is 0 Å². The predicted molar refractivity (Wildman–Crippen MR) is 97.4 cm³/mol. The summed E-state index contributed by atoms with van der Waals surface area (Å²) in [6, 6.07) is 13.0. The van der Waals surface area contributed by atoms with Crippen LogP contribution in [0.15, 0.2) is 48.5 Å². The van der Waals surface area contributed by atoms with Crippen molar-refractivity contribution in [3.05, 3.63) is 59.7 Å². The monoisotopic (exact) mass is 339 g/mol. The Morgan fingerprint density at radius 2 is 1.32 bits per heavy atom. The lowest BCUT2D eigenvalue weighted by atomic mass is 10.1. The van der Waals surface area contributed by atoms with Gasteiger partial charge in [0, 0.05) is 28.9 Å². The first-order valence-electron chi connectivity index (χ1n) is 7.96. The molecular formula is C19H21N3O3. The third kappa shape index (κ3) is 5.46. The van der Waals surface area contributed by atoms with Gasteiger partial charge in [0.1, 0.15) is 0 Å². The van der Waals surface area contributed by atoms with Gasteiger partial charge >= 0.3 is 0 Å². The Kier molecular flexibility index (Phi) is 5.89. The molecule has 25 heavy (non-hydrogen) atoms. The highest BCUT2D eigenvalue weighted by Gasteiger charge is 2.08. The van der Waals surface area contributed by atoms with Crippen molar-refractivity contribution >= 4 is 29.1 Å². The molecule has 4 N–H and O–H groups in total. The van der Waals surface area contributed by atoms with Gasteiger partial charge in [-0.2, -0.15) is 0 Å². The minimum atomic E-state index is -0.540. The number of hydrogen-bond donors (Lipinski definition) is 3. The number of rotatable bonds is 6. The second-order valence-electron chi connectivity index (χ2n) is 6.12. The number of amides is 3. The smallest absolute Gasteiger partial charge is 0.255 e. The van der Waals surface area contributed by atoms with Crippen LogP contribution < -0.4 is 16.4 Å². The minimum Gasteiger partial charge on any atom is -0.366 e. The molecule has 0 saturated carbocycles. The average Bonchev–Trinajstić information content (AvgIpc) is 2.56. The van der Waals surface area contributed by atoms with E-state index in [1.165, 1.54) is 24.3 Å². The van der Waals surface area contributed by atoms with E-state index >= 15 is 0 Å². The molecule has 2 aromatic rings. The van der Waals surface area contributed by atoms with E-state index < -0.39 is 5.91 Å². The second kappa shape index (κ2) is 8.10. The van der Waals surface area contributed by atoms with Crippen LogP contribution >= 0.6 is 0 Å². The van der Waals surface area contributed by atoms with Crippen LogP contribution in [0.3, 0.4) is 0 Å². The molecule has 0 spiro atoms. The summed E-state index contributed by atoms with van der Waals surface area (Å²) in [7, 11) is 0. The molecule has 3 amide bonds. The van der Waals surface area contributed by atoms with Crippen molar-refractivity contribution in [1.82, 2.24) is 0 Å². The zero-order chi connectivity index (χ0) is 18.4. The number of benzene rings is 2. The first kappa shape index (κ1) is 18.2. The fourth-order valence-corrected chi connectivity index (χ4v) is 2.21. The van der Waals surface area contributed by atoms with Crippen LogP contribution in [-0.4, -0.2) is 17.7 Å². The standard InChI is InChI=1S/C19H21N3O3/c1-12(2)11-17(23)21-15-7-9-16(10-8-15)22-19(25)14-5-3-13(4-6-14)18(20)24/h3-10,12H,11H2,1-2H3,(H2,20,24)(H,21,23)(H,22,25). The van der Waals surface area contributed by atoms with E-state index in [4.69, 9.17) is 5.73 Å². The average molecular weight is 339 g/mol. The van der Waals surface area contributed by atoms with Crippen LogP contribution in [-0.2, 0) is 4.79 Å². The Hall–Kier alpha value is -3.15. The highest BCUT2D eigenvalue weighted by molar-refractivity contribution is 6.05. The fourth-order valence-electron chi connectivity index (χ4n) is 2.21. The van der Waals surface area contributed by atoms with Crippen molar-refractivity contribution in [2.75, 3.05) is 10.6 Å². The van der Waals surface area contributed by atoms with Crippen LogP contribution in [0.1, 0.15) is 41.0 Å². The molecule has 6 heteroatoms. The molecule has 0 saturated heterocycles. The summed E-state index contributed by atoms with van der Waals surface area (Å²) in [6.07, 6.45) is 0.458. The second-order valence-corrected chi connectivity index (χ2v) is 6.12. The summed E-state index contributed by atoms with van der Waals surface area (Å²) in [6.45, 7) is 3.96. The molecule has 0 heterocycles. The van der Waals surface area contributed by atoms with Crippen LogP contribution in [0.4, 0.5) is 11.4 Å². The Balaban J connectivity index is 1.97. The molecule has 130 valence electrons. The predicted octanol–water partition coefficient (Wildman–Crippen LogP) is 3.02. The molecule has 0 aliphatic rings. The lowest BCUT2D eigenvalue weighted by Crippen LogP contribution is -2.15. The van der Waals surface area contributed by atoms with Gasteiger partial charge < -0.3 is 16.4 Å². The lowest BCUT2D eigenvalue weighted by molar-refractivity contribution is -0.116. The lowest BCUT2D eigenvalue weighted by Gasteiger charge is -2.09. The maximum atomic E-state index is 12.2. The number of carbonyl (C=O) groups is 3. The summed E-state index contributed by atoms with van der Waals surface area (Å²) in [4.78, 5) is 34.9. The molecule has 0 aromatic heterocycles. The van der Waals surface area contributed by atoms with Gasteiger partial charge in [-0.1, -0.05) is 13.8 Å². The Morgan fingerprint density at radius 3 is 1.80 bits per heavy atom. The molecule has 0 fully saturated rings. The van der Waals surface area contributed by atoms with Crippen LogP contribution in [0, 0.1) is 5.92 Å². The first-order valence-corrected chi connectivity index (χ1v) is 7.96. The number of carbonyl (C=O) groups excluding carboxylic acids is 3. The normalized spacial score (nSPS) is 10.4. The van der Waals surface area contributed by atoms with Crippen molar-refractivity contribution < 1.29 is 14.4 Å². The largest absolute Gasteiger partial charge is 0.366 e. The van der Waals surface area contributed by atoms with Crippen molar-refractivity contribution in [3.8, 4) is 0 Å². The van der Waals surface area contributed by atoms with Crippen LogP contribution in [0.5, 0.6) is 0 Å². The molecule has 0 bridgehead atoms. The molecule has 0 aliphatic heterocycles. The molecule has 6 nitrogen and oxygen atoms in total. The zero-order valence-electron chi connectivity index (χ0n) is 14.2.